The maximum absolute atomic E-state index is 12.4. The fraction of sp³-hybridized carbons (Fsp3) is 1.00. The Morgan fingerprint density at radius 1 is 1.16 bits per heavy atom. The van der Waals surface area contributed by atoms with Crippen molar-refractivity contribution in [1.29, 1.82) is 0 Å². The van der Waals surface area contributed by atoms with E-state index in [0.717, 1.165) is 38.5 Å². The normalized spacial score (nSPS) is 25.2. The number of rotatable bonds is 7. The minimum atomic E-state index is -3.33. The Balaban J connectivity index is 2.58. The summed E-state index contributed by atoms with van der Waals surface area (Å²) < 4.78 is 27.8. The van der Waals surface area contributed by atoms with E-state index in [0.29, 0.717) is 12.5 Å². The third kappa shape index (κ3) is 4.41. The van der Waals surface area contributed by atoms with Crippen LogP contribution in [0.25, 0.3) is 0 Å². The summed E-state index contributed by atoms with van der Waals surface area (Å²) in [5.74, 6) is 0.352. The van der Waals surface area contributed by atoms with Crippen LogP contribution in [0, 0.1) is 5.92 Å². The molecule has 114 valence electrons. The predicted octanol–water partition coefficient (Wildman–Crippen LogP) is 1.45. The van der Waals surface area contributed by atoms with E-state index in [1.165, 1.54) is 8.61 Å². The van der Waals surface area contributed by atoms with Crippen molar-refractivity contribution in [2.45, 2.75) is 51.5 Å². The number of unbranched alkanes of at least 4 members (excludes halogenated alkanes) is 1. The van der Waals surface area contributed by atoms with Crippen LogP contribution in [0.4, 0.5) is 0 Å². The number of hydrogen-bond donors (Lipinski definition) is 1. The van der Waals surface area contributed by atoms with Gasteiger partial charge in [0.25, 0.3) is 10.2 Å². The Kier molecular flexibility index (Phi) is 6.73. The highest BCUT2D eigenvalue weighted by Gasteiger charge is 2.32. The lowest BCUT2D eigenvalue weighted by atomic mass is 9.87. The minimum absolute atomic E-state index is 0.0804. The van der Waals surface area contributed by atoms with Gasteiger partial charge in [0.05, 0.1) is 0 Å². The smallest absolute Gasteiger partial charge is 0.281 e. The van der Waals surface area contributed by atoms with E-state index >= 15 is 0 Å². The average Bonchev–Trinajstić information content (AvgIpc) is 2.43. The van der Waals surface area contributed by atoms with Crippen LogP contribution < -0.4 is 0 Å². The zero-order chi connectivity index (χ0) is 14.5. The molecular formula is C13H28N2O3S. The zero-order valence-electron chi connectivity index (χ0n) is 12.4. The van der Waals surface area contributed by atoms with Gasteiger partial charge < -0.3 is 5.11 Å². The van der Waals surface area contributed by atoms with Gasteiger partial charge in [-0.05, 0) is 38.0 Å². The van der Waals surface area contributed by atoms with Crippen molar-refractivity contribution in [2.75, 3.05) is 27.2 Å². The van der Waals surface area contributed by atoms with Crippen molar-refractivity contribution in [3.63, 3.8) is 0 Å². The summed E-state index contributed by atoms with van der Waals surface area (Å²) in [5.41, 5.74) is 0. The van der Waals surface area contributed by atoms with Gasteiger partial charge in [0.2, 0.25) is 0 Å². The highest BCUT2D eigenvalue weighted by atomic mass is 32.2. The molecule has 19 heavy (non-hydrogen) atoms. The van der Waals surface area contributed by atoms with Gasteiger partial charge in [0.1, 0.15) is 0 Å². The summed E-state index contributed by atoms with van der Waals surface area (Å²) in [5, 5.41) is 9.12. The van der Waals surface area contributed by atoms with Crippen LogP contribution in [-0.2, 0) is 10.2 Å². The first kappa shape index (κ1) is 16.9. The monoisotopic (exact) mass is 292 g/mol. The van der Waals surface area contributed by atoms with Crippen molar-refractivity contribution >= 4 is 10.2 Å². The fourth-order valence-corrected chi connectivity index (χ4v) is 3.98. The van der Waals surface area contributed by atoms with E-state index < -0.39 is 10.2 Å². The van der Waals surface area contributed by atoms with E-state index in [-0.39, 0.29) is 12.6 Å². The third-order valence-electron chi connectivity index (χ3n) is 4.17. The summed E-state index contributed by atoms with van der Waals surface area (Å²) in [6.45, 7) is 2.86. The lowest BCUT2D eigenvalue weighted by Crippen LogP contribution is -2.46. The molecule has 0 aromatic rings. The lowest BCUT2D eigenvalue weighted by molar-refractivity contribution is 0.157. The van der Waals surface area contributed by atoms with Gasteiger partial charge in [-0.3, -0.25) is 0 Å². The maximum Gasteiger partial charge on any atom is 0.281 e. The fourth-order valence-electron chi connectivity index (χ4n) is 2.60. The standard InChI is InChI=1S/C13H28N2O3S/c1-4-5-10-14(2)19(17,18)15(3)13-8-6-12(11-16)7-9-13/h12-13,16H,4-11H2,1-3H3. The highest BCUT2D eigenvalue weighted by Crippen LogP contribution is 2.28. The summed E-state index contributed by atoms with van der Waals surface area (Å²) in [7, 11) is 0.00499. The molecule has 5 nitrogen and oxygen atoms in total. The molecule has 1 aliphatic rings. The average molecular weight is 292 g/mol. The second-order valence-electron chi connectivity index (χ2n) is 5.56. The molecule has 0 aliphatic heterocycles. The molecule has 0 unspecified atom stereocenters. The molecule has 0 radical (unpaired) electrons. The molecule has 0 amide bonds. The zero-order valence-corrected chi connectivity index (χ0v) is 13.2. The van der Waals surface area contributed by atoms with Crippen molar-refractivity contribution in [3.8, 4) is 0 Å². The van der Waals surface area contributed by atoms with Crippen molar-refractivity contribution in [3.05, 3.63) is 0 Å². The van der Waals surface area contributed by atoms with Crippen molar-refractivity contribution < 1.29 is 13.5 Å². The third-order valence-corrected chi connectivity index (χ3v) is 6.17. The Morgan fingerprint density at radius 2 is 1.74 bits per heavy atom. The number of hydrogen-bond acceptors (Lipinski definition) is 3. The Bertz CT molecular complexity index is 351. The topological polar surface area (TPSA) is 60.9 Å². The van der Waals surface area contributed by atoms with Crippen LogP contribution in [-0.4, -0.2) is 55.4 Å². The van der Waals surface area contributed by atoms with E-state index in [9.17, 15) is 8.42 Å². The minimum Gasteiger partial charge on any atom is -0.396 e. The largest absolute Gasteiger partial charge is 0.396 e. The summed E-state index contributed by atoms with van der Waals surface area (Å²) in [6, 6.07) is 0.0804. The molecule has 0 spiro atoms. The van der Waals surface area contributed by atoms with Crippen LogP contribution in [0.15, 0.2) is 0 Å². The van der Waals surface area contributed by atoms with Crippen LogP contribution in [0.2, 0.25) is 0 Å². The molecule has 1 N–H and O–H groups in total. The molecule has 0 heterocycles. The number of nitrogens with zero attached hydrogens (tertiary/aromatic N) is 2. The molecule has 1 aliphatic carbocycles. The van der Waals surface area contributed by atoms with Crippen LogP contribution in [0.5, 0.6) is 0 Å². The van der Waals surface area contributed by atoms with Gasteiger partial charge in [-0.1, -0.05) is 13.3 Å². The van der Waals surface area contributed by atoms with Gasteiger partial charge in [-0.15, -0.1) is 0 Å². The van der Waals surface area contributed by atoms with Crippen molar-refractivity contribution in [2.24, 2.45) is 5.92 Å². The highest BCUT2D eigenvalue weighted by molar-refractivity contribution is 7.86. The number of aliphatic hydroxyl groups is 1. The van der Waals surface area contributed by atoms with Gasteiger partial charge in [0.15, 0.2) is 0 Å². The predicted molar refractivity (Wildman–Crippen MR) is 77.1 cm³/mol. The first-order valence-corrected chi connectivity index (χ1v) is 8.63. The molecule has 6 heteroatoms. The molecular weight excluding hydrogens is 264 g/mol. The van der Waals surface area contributed by atoms with Crippen LogP contribution >= 0.6 is 0 Å². The van der Waals surface area contributed by atoms with Gasteiger partial charge in [-0.25, -0.2) is 0 Å². The Hall–Kier alpha value is -0.170. The first-order valence-electron chi connectivity index (χ1n) is 7.23. The second kappa shape index (κ2) is 7.57. The maximum atomic E-state index is 12.4. The van der Waals surface area contributed by atoms with Crippen LogP contribution in [0.3, 0.4) is 0 Å². The molecule has 0 bridgehead atoms. The lowest BCUT2D eigenvalue weighted by Gasteiger charge is -2.35. The molecule has 0 saturated heterocycles. The first-order chi connectivity index (χ1) is 8.93. The van der Waals surface area contributed by atoms with E-state index in [4.69, 9.17) is 5.11 Å². The van der Waals surface area contributed by atoms with E-state index in [1.54, 1.807) is 14.1 Å². The molecule has 1 rings (SSSR count). The van der Waals surface area contributed by atoms with Gasteiger partial charge in [-0.2, -0.15) is 17.0 Å². The number of aliphatic hydroxyl groups excluding tert-OH is 1. The SMILES string of the molecule is CCCCN(C)S(=O)(=O)N(C)C1CCC(CO)CC1. The summed E-state index contributed by atoms with van der Waals surface area (Å²) in [4.78, 5) is 0. The molecule has 0 aromatic carbocycles. The summed E-state index contributed by atoms with van der Waals surface area (Å²) in [6.07, 6.45) is 5.41. The second-order valence-corrected chi connectivity index (χ2v) is 7.65. The van der Waals surface area contributed by atoms with Gasteiger partial charge >= 0.3 is 0 Å². The Labute approximate surface area is 117 Å². The van der Waals surface area contributed by atoms with Crippen molar-refractivity contribution in [1.82, 2.24) is 8.61 Å². The molecule has 0 aromatic heterocycles. The molecule has 1 saturated carbocycles. The quantitative estimate of drug-likeness (QED) is 0.772. The van der Waals surface area contributed by atoms with Gasteiger partial charge in [0, 0.05) is 33.3 Å². The molecule has 0 atom stereocenters. The van der Waals surface area contributed by atoms with E-state index in [1.807, 2.05) is 0 Å². The van der Waals surface area contributed by atoms with E-state index in [2.05, 4.69) is 6.92 Å². The Morgan fingerprint density at radius 3 is 2.21 bits per heavy atom. The van der Waals surface area contributed by atoms with Crippen LogP contribution in [0.1, 0.15) is 45.4 Å². The summed E-state index contributed by atoms with van der Waals surface area (Å²) >= 11 is 0. The molecule has 1 fully saturated rings.